The molecule has 0 aliphatic rings. The van der Waals surface area contributed by atoms with E-state index in [9.17, 15) is 4.79 Å². The van der Waals surface area contributed by atoms with Crippen LogP contribution in [0.1, 0.15) is 31.2 Å². The second-order valence-electron chi connectivity index (χ2n) is 8.64. The van der Waals surface area contributed by atoms with Crippen LogP contribution in [-0.2, 0) is 5.75 Å². The summed E-state index contributed by atoms with van der Waals surface area (Å²) in [4.78, 5) is 13.7. The summed E-state index contributed by atoms with van der Waals surface area (Å²) in [7, 11) is 0. The molecule has 0 saturated carbocycles. The van der Waals surface area contributed by atoms with Crippen LogP contribution in [0.25, 0.3) is 33.8 Å². The SMILES string of the molecule is CC(C)c1ccccc1-n1c(=O)c2ccccc2n2c(SCc3nnc(-c4ccccc4)o3)nnc12. The van der Waals surface area contributed by atoms with Gasteiger partial charge in [0.15, 0.2) is 5.16 Å². The highest BCUT2D eigenvalue weighted by Crippen LogP contribution is 2.28. The Morgan fingerprint density at radius 3 is 2.44 bits per heavy atom. The third kappa shape index (κ3) is 3.77. The number of fused-ring (bicyclic) bond motifs is 3. The molecule has 0 unspecified atom stereocenters. The van der Waals surface area contributed by atoms with E-state index < -0.39 is 0 Å². The Balaban J connectivity index is 1.46. The first-order valence-corrected chi connectivity index (χ1v) is 12.6. The molecular formula is C27H22N6O2S. The molecule has 178 valence electrons. The molecule has 6 rings (SSSR count). The Kier molecular flexibility index (Phi) is 5.61. The quantitative estimate of drug-likeness (QED) is 0.282. The lowest BCUT2D eigenvalue weighted by Crippen LogP contribution is -2.23. The molecule has 0 aliphatic carbocycles. The van der Waals surface area contributed by atoms with E-state index in [1.165, 1.54) is 11.8 Å². The Morgan fingerprint density at radius 1 is 0.861 bits per heavy atom. The van der Waals surface area contributed by atoms with Gasteiger partial charge in [-0.05, 0) is 41.8 Å². The van der Waals surface area contributed by atoms with Gasteiger partial charge in [-0.3, -0.25) is 9.20 Å². The highest BCUT2D eigenvalue weighted by molar-refractivity contribution is 7.98. The van der Waals surface area contributed by atoms with Gasteiger partial charge in [-0.2, -0.15) is 0 Å². The minimum atomic E-state index is -0.125. The zero-order chi connectivity index (χ0) is 24.6. The minimum absolute atomic E-state index is 0.125. The van der Waals surface area contributed by atoms with Crippen molar-refractivity contribution in [1.82, 2.24) is 29.4 Å². The lowest BCUT2D eigenvalue weighted by Gasteiger charge is -2.16. The maximum atomic E-state index is 13.7. The van der Waals surface area contributed by atoms with E-state index in [0.717, 1.165) is 22.3 Å². The molecule has 0 bridgehead atoms. The van der Waals surface area contributed by atoms with Gasteiger partial charge in [-0.1, -0.05) is 74.1 Å². The van der Waals surface area contributed by atoms with Gasteiger partial charge in [0.25, 0.3) is 5.56 Å². The third-order valence-corrected chi connectivity index (χ3v) is 6.92. The molecule has 0 radical (unpaired) electrons. The molecule has 3 aromatic carbocycles. The summed E-state index contributed by atoms with van der Waals surface area (Å²) in [6, 6.07) is 25.1. The molecule has 3 heterocycles. The molecule has 3 aromatic heterocycles. The van der Waals surface area contributed by atoms with Gasteiger partial charge >= 0.3 is 0 Å². The van der Waals surface area contributed by atoms with Crippen LogP contribution >= 0.6 is 11.8 Å². The molecule has 36 heavy (non-hydrogen) atoms. The van der Waals surface area contributed by atoms with Crippen molar-refractivity contribution in [3.05, 3.63) is 101 Å². The first kappa shape index (κ1) is 22.2. The predicted molar refractivity (Wildman–Crippen MR) is 139 cm³/mol. The summed E-state index contributed by atoms with van der Waals surface area (Å²) in [6.45, 7) is 4.22. The van der Waals surface area contributed by atoms with E-state index in [2.05, 4.69) is 34.2 Å². The molecule has 0 N–H and O–H groups in total. The first-order chi connectivity index (χ1) is 17.6. The zero-order valence-corrected chi connectivity index (χ0v) is 20.5. The fourth-order valence-corrected chi connectivity index (χ4v) is 5.08. The molecule has 0 fully saturated rings. The van der Waals surface area contributed by atoms with Crippen LogP contribution in [0.4, 0.5) is 0 Å². The van der Waals surface area contributed by atoms with Crippen molar-refractivity contribution >= 4 is 28.4 Å². The number of para-hydroxylation sites is 2. The number of hydrogen-bond donors (Lipinski definition) is 0. The number of thioether (sulfide) groups is 1. The molecule has 0 amide bonds. The standard InChI is InChI=1S/C27H22N6O2S/c1-17(2)19-12-6-8-14-21(19)32-25(34)20-13-7-9-15-22(20)33-26(32)30-31-27(33)36-16-23-28-29-24(35-23)18-10-4-3-5-11-18/h3-15,17H,16H2,1-2H3. The Hall–Kier alpha value is -4.24. The number of aromatic nitrogens is 6. The van der Waals surface area contributed by atoms with Crippen LogP contribution in [0.2, 0.25) is 0 Å². The Bertz CT molecular complexity index is 1750. The van der Waals surface area contributed by atoms with Crippen LogP contribution in [0.3, 0.4) is 0 Å². The number of hydrogen-bond acceptors (Lipinski definition) is 7. The fourth-order valence-electron chi connectivity index (χ4n) is 4.30. The second-order valence-corrected chi connectivity index (χ2v) is 9.59. The average molecular weight is 495 g/mol. The first-order valence-electron chi connectivity index (χ1n) is 11.6. The molecule has 6 aromatic rings. The lowest BCUT2D eigenvalue weighted by atomic mass is 10.0. The minimum Gasteiger partial charge on any atom is -0.420 e. The van der Waals surface area contributed by atoms with Gasteiger partial charge in [-0.15, -0.1) is 20.4 Å². The molecular weight excluding hydrogens is 472 g/mol. The summed E-state index contributed by atoms with van der Waals surface area (Å²) < 4.78 is 9.45. The van der Waals surface area contributed by atoms with Crippen LogP contribution in [0.15, 0.2) is 93.2 Å². The number of nitrogens with zero attached hydrogens (tertiary/aromatic N) is 6. The molecule has 0 spiro atoms. The Labute approximate surface area is 210 Å². The van der Waals surface area contributed by atoms with Gasteiger partial charge in [0.2, 0.25) is 17.6 Å². The van der Waals surface area contributed by atoms with Crippen LogP contribution in [0, 0.1) is 0 Å². The average Bonchev–Trinajstić information content (AvgIpc) is 3.56. The van der Waals surface area contributed by atoms with Crippen LogP contribution in [-0.4, -0.2) is 29.4 Å². The fraction of sp³-hybridized carbons (Fsp3) is 0.148. The van der Waals surface area contributed by atoms with E-state index in [1.54, 1.807) is 4.57 Å². The van der Waals surface area contributed by atoms with Crippen molar-refractivity contribution in [3.63, 3.8) is 0 Å². The van der Waals surface area contributed by atoms with Gasteiger partial charge in [0.1, 0.15) is 0 Å². The lowest BCUT2D eigenvalue weighted by molar-refractivity contribution is 0.528. The topological polar surface area (TPSA) is 91.1 Å². The van der Waals surface area contributed by atoms with E-state index in [0.29, 0.717) is 33.9 Å². The number of rotatable bonds is 6. The highest BCUT2D eigenvalue weighted by Gasteiger charge is 2.20. The van der Waals surface area contributed by atoms with E-state index in [4.69, 9.17) is 4.42 Å². The van der Waals surface area contributed by atoms with Crippen molar-refractivity contribution in [3.8, 4) is 17.1 Å². The van der Waals surface area contributed by atoms with Gasteiger partial charge in [-0.25, -0.2) is 4.57 Å². The van der Waals surface area contributed by atoms with Gasteiger partial charge in [0.05, 0.1) is 22.3 Å². The summed E-state index contributed by atoms with van der Waals surface area (Å²) >= 11 is 1.43. The van der Waals surface area contributed by atoms with Crippen molar-refractivity contribution in [2.75, 3.05) is 0 Å². The van der Waals surface area contributed by atoms with E-state index in [-0.39, 0.29) is 11.5 Å². The molecule has 0 aliphatic heterocycles. The van der Waals surface area contributed by atoms with Gasteiger partial charge in [0, 0.05) is 5.56 Å². The third-order valence-electron chi connectivity index (χ3n) is 6.01. The highest BCUT2D eigenvalue weighted by atomic mass is 32.2. The second kappa shape index (κ2) is 9.09. The zero-order valence-electron chi connectivity index (χ0n) is 19.7. The molecule has 0 saturated heterocycles. The van der Waals surface area contributed by atoms with E-state index in [1.807, 2.05) is 83.3 Å². The summed E-state index contributed by atoms with van der Waals surface area (Å²) in [6.07, 6.45) is 0. The van der Waals surface area contributed by atoms with Gasteiger partial charge < -0.3 is 4.42 Å². The van der Waals surface area contributed by atoms with Crippen molar-refractivity contribution in [1.29, 1.82) is 0 Å². The van der Waals surface area contributed by atoms with Crippen LogP contribution in [0.5, 0.6) is 0 Å². The van der Waals surface area contributed by atoms with E-state index >= 15 is 0 Å². The smallest absolute Gasteiger partial charge is 0.267 e. The molecule has 9 heteroatoms. The predicted octanol–water partition coefficient (Wildman–Crippen LogP) is 5.50. The summed E-state index contributed by atoms with van der Waals surface area (Å²) in [5, 5.41) is 18.5. The summed E-state index contributed by atoms with van der Waals surface area (Å²) in [5.41, 5.74) is 3.36. The van der Waals surface area contributed by atoms with Crippen molar-refractivity contribution in [2.45, 2.75) is 30.7 Å². The largest absolute Gasteiger partial charge is 0.420 e. The summed E-state index contributed by atoms with van der Waals surface area (Å²) in [5.74, 6) is 2.06. The van der Waals surface area contributed by atoms with Crippen molar-refractivity contribution in [2.24, 2.45) is 0 Å². The van der Waals surface area contributed by atoms with Crippen LogP contribution < -0.4 is 5.56 Å². The Morgan fingerprint density at radius 2 is 1.61 bits per heavy atom. The molecule has 8 nitrogen and oxygen atoms in total. The monoisotopic (exact) mass is 494 g/mol. The maximum Gasteiger partial charge on any atom is 0.267 e. The normalized spacial score (nSPS) is 11.6. The maximum absolute atomic E-state index is 13.7. The van der Waals surface area contributed by atoms with Crippen molar-refractivity contribution < 1.29 is 4.42 Å². The molecule has 0 atom stereocenters. The number of benzene rings is 3.